The van der Waals surface area contributed by atoms with E-state index >= 15 is 0 Å². The summed E-state index contributed by atoms with van der Waals surface area (Å²) in [7, 11) is -4.67. The van der Waals surface area contributed by atoms with Crippen LogP contribution in [0.5, 0.6) is 0 Å². The molecule has 184 valence electrons. The summed E-state index contributed by atoms with van der Waals surface area (Å²) in [5, 5.41) is 17.7. The number of rotatable bonds is 19. The third kappa shape index (κ3) is 41.1. The van der Waals surface area contributed by atoms with Crippen LogP contribution < -0.4 is 0 Å². The third-order valence-corrected chi connectivity index (χ3v) is 4.63. The Hall–Kier alpha value is 0.260. The monoisotopic (exact) mass is 480 g/mol. The Balaban J connectivity index is -0.00000116. The van der Waals surface area contributed by atoms with Gasteiger partial charge in [-0.2, -0.15) is 8.42 Å². The van der Waals surface area contributed by atoms with Gasteiger partial charge in [-0.25, -0.2) is 0 Å². The summed E-state index contributed by atoms with van der Waals surface area (Å²) < 4.78 is 36.4. The van der Waals surface area contributed by atoms with Gasteiger partial charge in [-0.3, -0.25) is 13.9 Å². The summed E-state index contributed by atoms with van der Waals surface area (Å²) in [6.45, 7) is 1.79. The molecule has 0 saturated heterocycles. The first-order chi connectivity index (χ1) is 14.2. The molecule has 0 fully saturated rings. The molecule has 0 spiro atoms. The van der Waals surface area contributed by atoms with Crippen LogP contribution in [0.25, 0.3) is 0 Å². The Morgan fingerprint density at radius 3 is 1.42 bits per heavy atom. The van der Waals surface area contributed by atoms with Crippen molar-refractivity contribution in [2.24, 2.45) is 0 Å². The maximum absolute atomic E-state index is 11.4. The minimum atomic E-state index is -4.67. The molecule has 0 aromatic rings. The normalized spacial score (nSPS) is 11.8. The predicted octanol–water partition coefficient (Wildman–Crippen LogP) is 3.84. The van der Waals surface area contributed by atoms with Crippen molar-refractivity contribution in [2.45, 2.75) is 116 Å². The van der Waals surface area contributed by atoms with Crippen LogP contribution >= 0.6 is 0 Å². The fraction of sp³-hybridized carbons (Fsp3) is 0.952. The molecule has 0 aromatic heterocycles. The van der Waals surface area contributed by atoms with Gasteiger partial charge >= 0.3 is 45.9 Å². The quantitative estimate of drug-likeness (QED) is 0.0945. The van der Waals surface area contributed by atoms with E-state index in [0.29, 0.717) is 6.42 Å². The van der Waals surface area contributed by atoms with E-state index in [-0.39, 0.29) is 48.7 Å². The maximum atomic E-state index is 11.4. The zero-order chi connectivity index (χ0) is 23.1. The van der Waals surface area contributed by atoms with E-state index in [1.807, 2.05) is 0 Å². The van der Waals surface area contributed by atoms with Crippen molar-refractivity contribution in [3.05, 3.63) is 0 Å². The summed E-state index contributed by atoms with van der Waals surface area (Å²) in [6.07, 6.45) is 19.0. The molecule has 0 amide bonds. The van der Waals surface area contributed by atoms with Crippen molar-refractivity contribution in [2.75, 3.05) is 13.2 Å². The van der Waals surface area contributed by atoms with Crippen molar-refractivity contribution in [1.82, 2.24) is 0 Å². The Morgan fingerprint density at radius 2 is 1.10 bits per heavy atom. The van der Waals surface area contributed by atoms with Gasteiger partial charge in [0.2, 0.25) is 0 Å². The average Bonchev–Trinajstić information content (AvgIpc) is 2.67. The number of aliphatic hydroxyl groups excluding tert-OH is 2. The van der Waals surface area contributed by atoms with Gasteiger partial charge in [0.15, 0.2) is 0 Å². The van der Waals surface area contributed by atoms with Gasteiger partial charge < -0.3 is 14.9 Å². The zero-order valence-electron chi connectivity index (χ0n) is 18.6. The summed E-state index contributed by atoms with van der Waals surface area (Å²) >= 11 is 0. The van der Waals surface area contributed by atoms with Gasteiger partial charge in [0.05, 0.1) is 6.61 Å². The Morgan fingerprint density at radius 1 is 0.774 bits per heavy atom. The number of unbranched alkanes of at least 4 members (excludes halogenated alkanes) is 14. The number of hydrogen-bond acceptors (Lipinski definition) is 6. The standard InChI is InChI=1S/C21H42O4.Na.H2O4S.H/c1-2-3-4-5-6-7-8-9-10-11-12-13-14-15-16-17-21(24)25-19-20(23)18-22;;1-5(2,3)4;/h20,22-23H,2-19H2,1H3;;(H2,1,2,3,4);. The van der Waals surface area contributed by atoms with Crippen molar-refractivity contribution in [3.8, 4) is 0 Å². The van der Waals surface area contributed by atoms with Gasteiger partial charge in [-0.15, -0.1) is 0 Å². The number of esters is 1. The minimum absolute atomic E-state index is 0. The fourth-order valence-corrected chi connectivity index (χ4v) is 2.95. The van der Waals surface area contributed by atoms with Crippen LogP contribution in [0.1, 0.15) is 110 Å². The second-order valence-electron chi connectivity index (χ2n) is 7.67. The van der Waals surface area contributed by atoms with Crippen molar-refractivity contribution in [1.29, 1.82) is 0 Å². The van der Waals surface area contributed by atoms with E-state index in [1.54, 1.807) is 0 Å². The molecule has 31 heavy (non-hydrogen) atoms. The molecule has 8 nitrogen and oxygen atoms in total. The second kappa shape index (κ2) is 26.5. The molecule has 0 radical (unpaired) electrons. The van der Waals surface area contributed by atoms with E-state index in [0.717, 1.165) is 12.8 Å². The van der Waals surface area contributed by atoms with Gasteiger partial charge in [0.1, 0.15) is 12.7 Å². The van der Waals surface area contributed by atoms with Crippen LogP contribution in [0.15, 0.2) is 0 Å². The van der Waals surface area contributed by atoms with E-state index in [9.17, 15) is 4.79 Å². The van der Waals surface area contributed by atoms with Crippen molar-refractivity contribution in [3.63, 3.8) is 0 Å². The predicted molar refractivity (Wildman–Crippen MR) is 125 cm³/mol. The first kappa shape index (κ1) is 35.8. The molecule has 0 aliphatic heterocycles. The SMILES string of the molecule is CCCCCCCCCCCCCCCCCC(=O)OCC(O)CO.O=S(=O)(O)O.[NaH]. The van der Waals surface area contributed by atoms with Crippen LogP contribution in [0.4, 0.5) is 0 Å². The third-order valence-electron chi connectivity index (χ3n) is 4.63. The van der Waals surface area contributed by atoms with Crippen molar-refractivity contribution < 1.29 is 37.3 Å². The van der Waals surface area contributed by atoms with E-state index in [1.165, 1.54) is 83.5 Å². The average molecular weight is 481 g/mol. The fourth-order valence-electron chi connectivity index (χ4n) is 2.95. The van der Waals surface area contributed by atoms with Crippen LogP contribution in [-0.2, 0) is 19.9 Å². The number of aliphatic hydroxyl groups is 2. The Bertz CT molecular complexity index is 466. The first-order valence-electron chi connectivity index (χ1n) is 11.3. The molecule has 0 aliphatic carbocycles. The molecule has 1 atom stereocenters. The van der Waals surface area contributed by atoms with Crippen LogP contribution in [0.2, 0.25) is 0 Å². The molecule has 4 N–H and O–H groups in total. The van der Waals surface area contributed by atoms with Gasteiger partial charge in [0.25, 0.3) is 0 Å². The van der Waals surface area contributed by atoms with Gasteiger partial charge in [0, 0.05) is 6.42 Å². The first-order valence-corrected chi connectivity index (χ1v) is 12.7. The Labute approximate surface area is 211 Å². The number of hydrogen-bond donors (Lipinski definition) is 4. The van der Waals surface area contributed by atoms with Crippen molar-refractivity contribution >= 4 is 45.9 Å². The number of carbonyl (C=O) groups excluding carboxylic acids is 1. The number of ether oxygens (including phenoxy) is 1. The van der Waals surface area contributed by atoms with Crippen LogP contribution in [-0.4, -0.2) is 82.6 Å². The molecule has 1 unspecified atom stereocenters. The number of carbonyl (C=O) groups is 1. The van der Waals surface area contributed by atoms with E-state index in [4.69, 9.17) is 32.5 Å². The Kier molecular flexibility index (Phi) is 30.7. The van der Waals surface area contributed by atoms with Crippen LogP contribution in [0, 0.1) is 0 Å². The molecule has 0 bridgehead atoms. The summed E-state index contributed by atoms with van der Waals surface area (Å²) in [5.41, 5.74) is 0. The molecule has 0 saturated carbocycles. The summed E-state index contributed by atoms with van der Waals surface area (Å²) in [6, 6.07) is 0. The van der Waals surface area contributed by atoms with E-state index in [2.05, 4.69) is 6.92 Å². The molecule has 0 heterocycles. The van der Waals surface area contributed by atoms with Gasteiger partial charge in [-0.1, -0.05) is 96.8 Å². The van der Waals surface area contributed by atoms with Crippen LogP contribution in [0.3, 0.4) is 0 Å². The molecule has 0 aliphatic rings. The molecular formula is C21H45NaO8S. The second-order valence-corrected chi connectivity index (χ2v) is 8.56. The summed E-state index contributed by atoms with van der Waals surface area (Å²) in [4.78, 5) is 11.4. The molecule has 0 aromatic carbocycles. The molecule has 0 rings (SSSR count). The van der Waals surface area contributed by atoms with E-state index < -0.39 is 16.5 Å². The molecular weight excluding hydrogens is 435 g/mol. The van der Waals surface area contributed by atoms with Gasteiger partial charge in [-0.05, 0) is 6.42 Å². The molecule has 10 heteroatoms. The summed E-state index contributed by atoms with van der Waals surface area (Å²) in [5.74, 6) is -0.276. The topological polar surface area (TPSA) is 141 Å². The zero-order valence-corrected chi connectivity index (χ0v) is 19.5.